The number of hydrogen-bond donors (Lipinski definition) is 0. The van der Waals surface area contributed by atoms with E-state index < -0.39 is 0 Å². The zero-order chi connectivity index (χ0) is 18.9. The first-order valence-electron chi connectivity index (χ1n) is 9.50. The molecule has 0 radical (unpaired) electrons. The highest BCUT2D eigenvalue weighted by atomic mass is 32.1. The molecule has 28 heavy (non-hydrogen) atoms. The molecule has 0 unspecified atom stereocenters. The van der Waals surface area contributed by atoms with Gasteiger partial charge in [0.15, 0.2) is 11.5 Å². The van der Waals surface area contributed by atoms with Gasteiger partial charge in [-0.25, -0.2) is 4.39 Å². The molecule has 1 saturated heterocycles. The highest BCUT2D eigenvalue weighted by molar-refractivity contribution is 7.09. The molecule has 142 valence electrons. The average Bonchev–Trinajstić information content (AvgIpc) is 3.38. The molecule has 5 rings (SSSR count). The summed E-state index contributed by atoms with van der Waals surface area (Å²) in [4.78, 5) is 3.90. The van der Waals surface area contributed by atoms with Gasteiger partial charge in [-0.2, -0.15) is 9.61 Å². The fourth-order valence-electron chi connectivity index (χ4n) is 3.84. The Morgan fingerprint density at radius 3 is 2.64 bits per heavy atom. The third-order valence-electron chi connectivity index (χ3n) is 5.35. The Kier molecular flexibility index (Phi) is 4.62. The van der Waals surface area contributed by atoms with Crippen LogP contribution in [-0.2, 0) is 6.54 Å². The number of hydrogen-bond acceptors (Lipinski definition) is 5. The average molecular weight is 393 g/mol. The fraction of sp³-hybridized carbons (Fsp3) is 0.286. The van der Waals surface area contributed by atoms with Gasteiger partial charge in [-0.1, -0.05) is 18.2 Å². The molecule has 0 amide bonds. The van der Waals surface area contributed by atoms with Gasteiger partial charge in [-0.15, -0.1) is 21.5 Å². The number of piperidine rings is 1. The van der Waals surface area contributed by atoms with Crippen LogP contribution < -0.4 is 0 Å². The highest BCUT2D eigenvalue weighted by Gasteiger charge is 2.25. The van der Waals surface area contributed by atoms with Crippen LogP contribution in [0.25, 0.3) is 16.9 Å². The molecule has 4 aromatic rings. The van der Waals surface area contributed by atoms with Crippen molar-refractivity contribution in [3.8, 4) is 11.3 Å². The van der Waals surface area contributed by atoms with E-state index in [1.54, 1.807) is 22.7 Å². The van der Waals surface area contributed by atoms with Crippen LogP contribution in [0.3, 0.4) is 0 Å². The second-order valence-corrected chi connectivity index (χ2v) is 8.19. The molecule has 1 aromatic carbocycles. The van der Waals surface area contributed by atoms with Gasteiger partial charge in [-0.05, 0) is 61.6 Å². The number of benzene rings is 1. The maximum atomic E-state index is 14.2. The number of fused-ring (bicyclic) bond motifs is 1. The van der Waals surface area contributed by atoms with E-state index in [1.807, 2.05) is 23.5 Å². The van der Waals surface area contributed by atoms with Gasteiger partial charge in [0.25, 0.3) is 0 Å². The standard InChI is InChI=1S/C21H20FN5S/c22-18-6-2-1-5-17(18)19-7-8-20-23-24-21(27(20)25-19)15-9-11-26(12-10-15)14-16-4-3-13-28-16/h1-8,13,15H,9-12,14H2. The summed E-state index contributed by atoms with van der Waals surface area (Å²) >= 11 is 1.81. The minimum atomic E-state index is -0.272. The van der Waals surface area contributed by atoms with Crippen molar-refractivity contribution in [1.82, 2.24) is 24.7 Å². The van der Waals surface area contributed by atoms with Crippen LogP contribution >= 0.6 is 11.3 Å². The Hall–Kier alpha value is -2.64. The second-order valence-electron chi connectivity index (χ2n) is 7.16. The van der Waals surface area contributed by atoms with E-state index in [0.717, 1.165) is 38.3 Å². The molecular formula is C21H20FN5S. The predicted octanol–water partition coefficient (Wildman–Crippen LogP) is 4.37. The molecule has 7 heteroatoms. The largest absolute Gasteiger partial charge is 0.298 e. The first kappa shape index (κ1) is 17.5. The second kappa shape index (κ2) is 7.41. The van der Waals surface area contributed by atoms with Crippen LogP contribution in [0.5, 0.6) is 0 Å². The van der Waals surface area contributed by atoms with E-state index in [4.69, 9.17) is 0 Å². The molecule has 1 aliphatic heterocycles. The Bertz CT molecular complexity index is 1080. The van der Waals surface area contributed by atoms with E-state index in [-0.39, 0.29) is 5.82 Å². The topological polar surface area (TPSA) is 46.3 Å². The lowest BCUT2D eigenvalue weighted by atomic mass is 9.96. The number of likely N-dealkylation sites (tertiary alicyclic amines) is 1. The van der Waals surface area contributed by atoms with Crippen LogP contribution in [0.4, 0.5) is 4.39 Å². The van der Waals surface area contributed by atoms with E-state index in [0.29, 0.717) is 22.8 Å². The van der Waals surface area contributed by atoms with Gasteiger partial charge in [0, 0.05) is 22.9 Å². The number of thiophene rings is 1. The summed E-state index contributed by atoms with van der Waals surface area (Å²) in [7, 11) is 0. The third-order valence-corrected chi connectivity index (χ3v) is 6.21. The van der Waals surface area contributed by atoms with E-state index in [1.165, 1.54) is 10.9 Å². The number of rotatable bonds is 4. The first-order chi connectivity index (χ1) is 13.8. The Balaban J connectivity index is 1.38. The predicted molar refractivity (Wildman–Crippen MR) is 108 cm³/mol. The molecule has 5 nitrogen and oxygen atoms in total. The summed E-state index contributed by atoms with van der Waals surface area (Å²) in [5, 5.41) is 15.5. The lowest BCUT2D eigenvalue weighted by Gasteiger charge is -2.30. The molecule has 1 aliphatic rings. The third kappa shape index (κ3) is 3.31. The molecule has 1 fully saturated rings. The maximum absolute atomic E-state index is 14.2. The monoisotopic (exact) mass is 393 g/mol. The van der Waals surface area contributed by atoms with Crippen LogP contribution in [0.15, 0.2) is 53.9 Å². The first-order valence-corrected chi connectivity index (χ1v) is 10.4. The van der Waals surface area contributed by atoms with Crippen LogP contribution in [-0.4, -0.2) is 37.8 Å². The van der Waals surface area contributed by atoms with Gasteiger partial charge in [0.2, 0.25) is 0 Å². The molecule has 0 bridgehead atoms. The number of nitrogens with zero attached hydrogens (tertiary/aromatic N) is 5. The smallest absolute Gasteiger partial charge is 0.177 e. The summed E-state index contributed by atoms with van der Waals surface area (Å²) in [6, 6.07) is 14.7. The van der Waals surface area contributed by atoms with Crippen LogP contribution in [0.2, 0.25) is 0 Å². The summed E-state index contributed by atoms with van der Waals surface area (Å²) in [6.07, 6.45) is 2.05. The van der Waals surface area contributed by atoms with Crippen molar-refractivity contribution in [2.24, 2.45) is 0 Å². The van der Waals surface area contributed by atoms with Crippen molar-refractivity contribution in [2.75, 3.05) is 13.1 Å². The lowest BCUT2D eigenvalue weighted by molar-refractivity contribution is 0.202. The number of halogens is 1. The molecule has 0 atom stereocenters. The van der Waals surface area contributed by atoms with Gasteiger partial charge in [-0.3, -0.25) is 4.90 Å². The number of aromatic nitrogens is 4. The Morgan fingerprint density at radius 2 is 1.86 bits per heavy atom. The lowest BCUT2D eigenvalue weighted by Crippen LogP contribution is -2.32. The normalized spacial score (nSPS) is 16.0. The minimum absolute atomic E-state index is 0.272. The van der Waals surface area contributed by atoms with Gasteiger partial charge < -0.3 is 0 Å². The van der Waals surface area contributed by atoms with Crippen molar-refractivity contribution in [1.29, 1.82) is 0 Å². The molecule has 0 spiro atoms. The zero-order valence-electron chi connectivity index (χ0n) is 15.3. The molecular weight excluding hydrogens is 373 g/mol. The maximum Gasteiger partial charge on any atom is 0.177 e. The van der Waals surface area contributed by atoms with Crippen molar-refractivity contribution < 1.29 is 4.39 Å². The van der Waals surface area contributed by atoms with Crippen molar-refractivity contribution in [2.45, 2.75) is 25.3 Å². The van der Waals surface area contributed by atoms with Crippen molar-refractivity contribution >= 4 is 17.0 Å². The fourth-order valence-corrected chi connectivity index (χ4v) is 4.59. The van der Waals surface area contributed by atoms with Crippen molar-refractivity contribution in [3.05, 3.63) is 70.4 Å². The van der Waals surface area contributed by atoms with Crippen molar-refractivity contribution in [3.63, 3.8) is 0 Å². The molecule has 0 aliphatic carbocycles. The minimum Gasteiger partial charge on any atom is -0.298 e. The quantitative estimate of drug-likeness (QED) is 0.516. The van der Waals surface area contributed by atoms with Gasteiger partial charge in [0.05, 0.1) is 5.69 Å². The summed E-state index contributed by atoms with van der Waals surface area (Å²) in [5.41, 5.74) is 1.80. The summed E-state index contributed by atoms with van der Waals surface area (Å²) in [5.74, 6) is 0.924. The summed E-state index contributed by atoms with van der Waals surface area (Å²) < 4.78 is 16.0. The van der Waals surface area contributed by atoms with Gasteiger partial charge >= 0.3 is 0 Å². The highest BCUT2D eigenvalue weighted by Crippen LogP contribution is 2.29. The molecule has 4 heterocycles. The van der Waals surface area contributed by atoms with Crippen LogP contribution in [0.1, 0.15) is 29.5 Å². The van der Waals surface area contributed by atoms with E-state index >= 15 is 0 Å². The Morgan fingerprint density at radius 1 is 1.00 bits per heavy atom. The zero-order valence-corrected chi connectivity index (χ0v) is 16.1. The van der Waals surface area contributed by atoms with E-state index in [2.05, 4.69) is 37.7 Å². The van der Waals surface area contributed by atoms with Gasteiger partial charge in [0.1, 0.15) is 5.82 Å². The molecule has 0 saturated carbocycles. The SMILES string of the molecule is Fc1ccccc1-c1ccc2nnc(C3CCN(Cc4cccs4)CC3)n2n1. The van der Waals surface area contributed by atoms with Crippen LogP contribution in [0, 0.1) is 5.82 Å². The van der Waals surface area contributed by atoms with E-state index in [9.17, 15) is 4.39 Å². The summed E-state index contributed by atoms with van der Waals surface area (Å²) in [6.45, 7) is 3.08. The Labute approximate surface area is 166 Å². The molecule has 3 aromatic heterocycles. The molecule has 0 N–H and O–H groups in total.